The van der Waals surface area contributed by atoms with Gasteiger partial charge in [-0.3, -0.25) is 0 Å². The van der Waals surface area contributed by atoms with Gasteiger partial charge in [0.05, 0.1) is 19.3 Å². The van der Waals surface area contributed by atoms with Crippen molar-refractivity contribution in [2.24, 2.45) is 0 Å². The summed E-state index contributed by atoms with van der Waals surface area (Å²) in [5.41, 5.74) is 9.39. The van der Waals surface area contributed by atoms with E-state index in [-0.39, 0.29) is 6.04 Å². The van der Waals surface area contributed by atoms with Crippen LogP contribution in [0, 0.1) is 20.8 Å². The Kier molecular flexibility index (Phi) is 3.83. The van der Waals surface area contributed by atoms with Gasteiger partial charge in [0.25, 0.3) is 0 Å². The van der Waals surface area contributed by atoms with Crippen LogP contribution in [0.5, 0.6) is 0 Å². The topological polar surface area (TPSA) is 21.3 Å². The van der Waals surface area contributed by atoms with Crippen molar-refractivity contribution in [2.45, 2.75) is 40.0 Å². The van der Waals surface area contributed by atoms with Crippen LogP contribution in [-0.2, 0) is 18.0 Å². The molecule has 0 aromatic heterocycles. The summed E-state index contributed by atoms with van der Waals surface area (Å²) in [6, 6.07) is 11.5. The fourth-order valence-electron chi connectivity index (χ4n) is 3.50. The molecular formula is C19H23NO. The van der Waals surface area contributed by atoms with Crippen molar-refractivity contribution in [1.29, 1.82) is 0 Å². The molecule has 1 N–H and O–H groups in total. The Morgan fingerprint density at radius 3 is 2.29 bits per heavy atom. The minimum Gasteiger partial charge on any atom is -0.372 e. The number of fused-ring (bicyclic) bond motifs is 1. The quantitative estimate of drug-likeness (QED) is 0.919. The highest BCUT2D eigenvalue weighted by Gasteiger charge is 2.19. The molecule has 1 heterocycles. The lowest BCUT2D eigenvalue weighted by molar-refractivity contribution is 0.134. The van der Waals surface area contributed by atoms with Gasteiger partial charge in [-0.25, -0.2) is 0 Å². The van der Waals surface area contributed by atoms with E-state index in [9.17, 15) is 0 Å². The van der Waals surface area contributed by atoms with Gasteiger partial charge in [-0.05, 0) is 61.2 Å². The number of nitrogens with one attached hydrogen (secondary N) is 1. The minimum atomic E-state index is 0.233. The highest BCUT2D eigenvalue weighted by atomic mass is 16.5. The van der Waals surface area contributed by atoms with Gasteiger partial charge in [-0.1, -0.05) is 35.9 Å². The zero-order valence-electron chi connectivity index (χ0n) is 13.3. The summed E-state index contributed by atoms with van der Waals surface area (Å²) in [5, 5.41) is 3.49. The third kappa shape index (κ3) is 2.61. The Morgan fingerprint density at radius 2 is 1.62 bits per heavy atom. The molecule has 2 aromatic carbocycles. The molecule has 0 spiro atoms. The Morgan fingerprint density at radius 1 is 0.952 bits per heavy atom. The van der Waals surface area contributed by atoms with Gasteiger partial charge >= 0.3 is 0 Å². The molecule has 2 aromatic rings. The summed E-state index contributed by atoms with van der Waals surface area (Å²) in [5.74, 6) is 0. The molecule has 3 rings (SSSR count). The molecule has 2 heteroatoms. The highest BCUT2D eigenvalue weighted by molar-refractivity contribution is 5.46. The van der Waals surface area contributed by atoms with Crippen molar-refractivity contribution in [3.8, 4) is 0 Å². The van der Waals surface area contributed by atoms with E-state index in [4.69, 9.17) is 4.74 Å². The predicted molar refractivity (Wildman–Crippen MR) is 86.5 cm³/mol. The maximum Gasteiger partial charge on any atom is 0.0725 e. The summed E-state index contributed by atoms with van der Waals surface area (Å²) >= 11 is 0. The molecule has 0 bridgehead atoms. The second-order valence-corrected chi connectivity index (χ2v) is 6.06. The number of ether oxygens (including phenoxy) is 1. The molecule has 1 unspecified atom stereocenters. The average molecular weight is 281 g/mol. The third-order valence-corrected chi connectivity index (χ3v) is 4.39. The molecule has 0 radical (unpaired) electrons. The monoisotopic (exact) mass is 281 g/mol. The van der Waals surface area contributed by atoms with Crippen molar-refractivity contribution in [1.82, 2.24) is 5.32 Å². The zero-order valence-corrected chi connectivity index (χ0v) is 13.3. The van der Waals surface area contributed by atoms with Crippen LogP contribution in [0.25, 0.3) is 0 Å². The van der Waals surface area contributed by atoms with Crippen LogP contribution in [0.15, 0.2) is 30.3 Å². The Hall–Kier alpha value is -1.64. The Balaban J connectivity index is 2.07. The lowest BCUT2D eigenvalue weighted by Gasteiger charge is -2.23. The van der Waals surface area contributed by atoms with Gasteiger partial charge in [0.2, 0.25) is 0 Å². The van der Waals surface area contributed by atoms with Gasteiger partial charge < -0.3 is 10.1 Å². The van der Waals surface area contributed by atoms with E-state index in [0.29, 0.717) is 0 Å². The van der Waals surface area contributed by atoms with E-state index in [0.717, 1.165) is 13.2 Å². The van der Waals surface area contributed by atoms with Crippen molar-refractivity contribution in [3.05, 3.63) is 69.3 Å². The lowest BCUT2D eigenvalue weighted by Crippen LogP contribution is -2.20. The third-order valence-electron chi connectivity index (χ3n) is 4.39. The van der Waals surface area contributed by atoms with Crippen molar-refractivity contribution >= 4 is 0 Å². The molecule has 0 fully saturated rings. The van der Waals surface area contributed by atoms with Crippen LogP contribution in [0.4, 0.5) is 0 Å². The summed E-state index contributed by atoms with van der Waals surface area (Å²) in [6.07, 6.45) is 0. The molecule has 21 heavy (non-hydrogen) atoms. The molecule has 110 valence electrons. The highest BCUT2D eigenvalue weighted by Crippen LogP contribution is 2.31. The molecular weight excluding hydrogens is 258 g/mol. The largest absolute Gasteiger partial charge is 0.372 e. The molecule has 1 atom stereocenters. The lowest BCUT2D eigenvalue weighted by atomic mass is 9.89. The van der Waals surface area contributed by atoms with Crippen molar-refractivity contribution in [3.63, 3.8) is 0 Å². The van der Waals surface area contributed by atoms with Gasteiger partial charge in [0.1, 0.15) is 0 Å². The molecule has 0 amide bonds. The molecule has 2 nitrogen and oxygen atoms in total. The molecule has 0 saturated heterocycles. The standard InChI is InChI=1S/C19H23NO/c1-12-7-13(2)18(14(3)8-12)19(20-4)15-5-6-16-10-21-11-17(16)9-15/h5-9,19-20H,10-11H2,1-4H3. The normalized spacial score (nSPS) is 15.0. The average Bonchev–Trinajstić information content (AvgIpc) is 2.89. The first-order chi connectivity index (χ1) is 10.1. The van der Waals surface area contributed by atoms with Crippen molar-refractivity contribution in [2.75, 3.05) is 7.05 Å². The maximum atomic E-state index is 5.53. The van der Waals surface area contributed by atoms with Gasteiger partial charge in [-0.15, -0.1) is 0 Å². The van der Waals surface area contributed by atoms with Crippen LogP contribution < -0.4 is 5.32 Å². The number of hydrogen-bond donors (Lipinski definition) is 1. The zero-order chi connectivity index (χ0) is 15.0. The fourth-order valence-corrected chi connectivity index (χ4v) is 3.50. The van der Waals surface area contributed by atoms with Crippen LogP contribution in [0.2, 0.25) is 0 Å². The summed E-state index contributed by atoms with van der Waals surface area (Å²) in [6.45, 7) is 8.06. The molecule has 1 aliphatic rings. The van der Waals surface area contributed by atoms with Gasteiger partial charge in [0.15, 0.2) is 0 Å². The van der Waals surface area contributed by atoms with Crippen LogP contribution in [-0.4, -0.2) is 7.05 Å². The number of aryl methyl sites for hydroxylation is 3. The van der Waals surface area contributed by atoms with E-state index in [1.54, 1.807) is 0 Å². The minimum absolute atomic E-state index is 0.233. The molecule has 1 aliphatic heterocycles. The molecule has 0 aliphatic carbocycles. The first-order valence-electron chi connectivity index (χ1n) is 7.54. The smallest absolute Gasteiger partial charge is 0.0725 e. The SMILES string of the molecule is CNC(c1ccc2c(c1)COC2)c1c(C)cc(C)cc1C. The van der Waals surface area contributed by atoms with E-state index >= 15 is 0 Å². The Bertz CT molecular complexity index is 652. The maximum absolute atomic E-state index is 5.53. The number of benzene rings is 2. The van der Waals surface area contributed by atoms with E-state index in [1.807, 2.05) is 7.05 Å². The second kappa shape index (κ2) is 5.63. The first-order valence-corrected chi connectivity index (χ1v) is 7.54. The Labute approximate surface area is 127 Å². The number of rotatable bonds is 3. The van der Waals surface area contributed by atoms with E-state index < -0.39 is 0 Å². The summed E-state index contributed by atoms with van der Waals surface area (Å²) in [4.78, 5) is 0. The second-order valence-electron chi connectivity index (χ2n) is 6.06. The van der Waals surface area contributed by atoms with Crippen LogP contribution in [0.3, 0.4) is 0 Å². The van der Waals surface area contributed by atoms with Gasteiger partial charge in [-0.2, -0.15) is 0 Å². The van der Waals surface area contributed by atoms with E-state index in [1.165, 1.54) is 38.9 Å². The summed E-state index contributed by atoms with van der Waals surface area (Å²) in [7, 11) is 2.03. The van der Waals surface area contributed by atoms with Gasteiger partial charge in [0, 0.05) is 0 Å². The molecule has 0 saturated carbocycles. The van der Waals surface area contributed by atoms with Crippen molar-refractivity contribution < 1.29 is 4.74 Å². The van der Waals surface area contributed by atoms with Crippen LogP contribution in [0.1, 0.15) is 45.0 Å². The summed E-state index contributed by atoms with van der Waals surface area (Å²) < 4.78 is 5.53. The predicted octanol–water partition coefficient (Wildman–Crippen LogP) is 3.95. The fraction of sp³-hybridized carbons (Fsp3) is 0.368. The first kappa shape index (κ1) is 14.3. The number of hydrogen-bond acceptors (Lipinski definition) is 2. The van der Waals surface area contributed by atoms with E-state index in [2.05, 4.69) is 56.4 Å². The van der Waals surface area contributed by atoms with Crippen LogP contribution >= 0.6 is 0 Å².